The molecule has 0 unspecified atom stereocenters. The molecule has 1 aromatic carbocycles. The summed E-state index contributed by atoms with van der Waals surface area (Å²) in [7, 11) is 0. The number of aromatic nitrogens is 2. The van der Waals surface area contributed by atoms with Crippen molar-refractivity contribution in [1.82, 2.24) is 9.55 Å². The van der Waals surface area contributed by atoms with Crippen LogP contribution in [0.15, 0.2) is 59.5 Å². The van der Waals surface area contributed by atoms with Gasteiger partial charge in [0.1, 0.15) is 11.3 Å². The summed E-state index contributed by atoms with van der Waals surface area (Å²) < 4.78 is 1.53. The molecule has 1 N–H and O–H groups in total. The van der Waals surface area contributed by atoms with Crippen LogP contribution in [0.5, 0.6) is 5.75 Å². The van der Waals surface area contributed by atoms with Crippen LogP contribution in [0.1, 0.15) is 0 Å². The number of fused-ring (bicyclic) bond motifs is 1. The van der Waals surface area contributed by atoms with Crippen molar-refractivity contribution < 1.29 is 5.11 Å². The van der Waals surface area contributed by atoms with Crippen LogP contribution in [-0.2, 0) is 0 Å². The molecule has 18 heavy (non-hydrogen) atoms. The first kappa shape index (κ1) is 10.5. The Morgan fingerprint density at radius 1 is 1.06 bits per heavy atom. The Kier molecular flexibility index (Phi) is 2.34. The van der Waals surface area contributed by atoms with Crippen molar-refractivity contribution in [3.05, 3.63) is 65.1 Å². The van der Waals surface area contributed by atoms with Crippen LogP contribution in [0.25, 0.3) is 16.7 Å². The fourth-order valence-corrected chi connectivity index (χ4v) is 1.99. The van der Waals surface area contributed by atoms with E-state index in [1.165, 1.54) is 10.6 Å². The van der Waals surface area contributed by atoms with Gasteiger partial charge >= 0.3 is 0 Å². The molecule has 0 spiro atoms. The second-order valence-corrected chi connectivity index (χ2v) is 3.91. The van der Waals surface area contributed by atoms with Crippen molar-refractivity contribution in [2.24, 2.45) is 0 Å². The second kappa shape index (κ2) is 4.00. The van der Waals surface area contributed by atoms with E-state index >= 15 is 0 Å². The van der Waals surface area contributed by atoms with E-state index in [9.17, 15) is 9.90 Å². The topological polar surface area (TPSA) is 55.1 Å². The molecule has 2 heterocycles. The molecule has 2 aromatic heterocycles. The first-order valence-electron chi connectivity index (χ1n) is 5.52. The number of aromatic hydroxyl groups is 1. The van der Waals surface area contributed by atoms with Crippen molar-refractivity contribution in [3.63, 3.8) is 0 Å². The van der Waals surface area contributed by atoms with E-state index in [1.54, 1.807) is 18.3 Å². The normalized spacial score (nSPS) is 10.7. The van der Waals surface area contributed by atoms with Gasteiger partial charge in [0.25, 0.3) is 5.56 Å². The highest BCUT2D eigenvalue weighted by atomic mass is 16.3. The lowest BCUT2D eigenvalue weighted by atomic mass is 10.2. The number of benzene rings is 1. The third-order valence-corrected chi connectivity index (χ3v) is 2.76. The third kappa shape index (κ3) is 1.55. The maximum atomic E-state index is 12.0. The monoisotopic (exact) mass is 238 g/mol. The summed E-state index contributed by atoms with van der Waals surface area (Å²) in [6.45, 7) is 0. The lowest BCUT2D eigenvalue weighted by Crippen LogP contribution is -2.17. The molecule has 0 aliphatic rings. The van der Waals surface area contributed by atoms with Crippen LogP contribution in [-0.4, -0.2) is 14.7 Å². The molecule has 0 aliphatic carbocycles. The zero-order chi connectivity index (χ0) is 12.5. The van der Waals surface area contributed by atoms with E-state index in [-0.39, 0.29) is 11.3 Å². The van der Waals surface area contributed by atoms with Gasteiger partial charge in [-0.3, -0.25) is 14.3 Å². The Morgan fingerprint density at radius 3 is 2.61 bits per heavy atom. The summed E-state index contributed by atoms with van der Waals surface area (Å²) >= 11 is 0. The van der Waals surface area contributed by atoms with Crippen LogP contribution in [0.4, 0.5) is 0 Å². The predicted molar refractivity (Wildman–Crippen MR) is 69.0 cm³/mol. The van der Waals surface area contributed by atoms with Crippen LogP contribution < -0.4 is 5.56 Å². The highest BCUT2D eigenvalue weighted by molar-refractivity contribution is 5.82. The fraction of sp³-hybridized carbons (Fsp3) is 0. The summed E-state index contributed by atoms with van der Waals surface area (Å²) in [6.07, 6.45) is 1.59. The fourth-order valence-electron chi connectivity index (χ4n) is 1.99. The minimum atomic E-state index is -0.279. The molecular weight excluding hydrogens is 228 g/mol. The van der Waals surface area contributed by atoms with Crippen molar-refractivity contribution in [3.8, 4) is 11.4 Å². The smallest absolute Gasteiger partial charge is 0.259 e. The summed E-state index contributed by atoms with van der Waals surface area (Å²) in [4.78, 5) is 16.1. The second-order valence-electron chi connectivity index (χ2n) is 3.91. The summed E-state index contributed by atoms with van der Waals surface area (Å²) in [6, 6.07) is 14.0. The van der Waals surface area contributed by atoms with Gasteiger partial charge in [-0.1, -0.05) is 18.2 Å². The summed E-state index contributed by atoms with van der Waals surface area (Å²) in [5, 5.41) is 9.75. The quantitative estimate of drug-likeness (QED) is 0.706. The standard InChI is InChI=1S/C14H10N2O2/c17-12-9-13(18)16(10-5-2-1-3-6-10)11-7-4-8-15-14(11)12/h1-9,17H. The Hall–Kier alpha value is -2.62. The molecule has 3 aromatic rings. The highest BCUT2D eigenvalue weighted by Crippen LogP contribution is 2.21. The molecule has 0 saturated carbocycles. The average Bonchev–Trinajstić information content (AvgIpc) is 2.40. The number of rotatable bonds is 1. The largest absolute Gasteiger partial charge is 0.505 e. The van der Waals surface area contributed by atoms with Crippen molar-refractivity contribution in [2.75, 3.05) is 0 Å². The Morgan fingerprint density at radius 2 is 1.83 bits per heavy atom. The van der Waals surface area contributed by atoms with Gasteiger partial charge in [0, 0.05) is 18.0 Å². The number of hydrogen-bond donors (Lipinski definition) is 1. The molecule has 88 valence electrons. The van der Waals surface area contributed by atoms with Gasteiger partial charge < -0.3 is 5.11 Å². The SMILES string of the molecule is O=c1cc(O)c2ncccc2n1-c1ccccc1. The minimum Gasteiger partial charge on any atom is -0.505 e. The van der Waals surface area contributed by atoms with E-state index in [0.29, 0.717) is 11.0 Å². The van der Waals surface area contributed by atoms with Crippen LogP contribution >= 0.6 is 0 Å². The lowest BCUT2D eigenvalue weighted by Gasteiger charge is -2.10. The van der Waals surface area contributed by atoms with E-state index in [2.05, 4.69) is 4.98 Å². The highest BCUT2D eigenvalue weighted by Gasteiger charge is 2.09. The maximum Gasteiger partial charge on any atom is 0.259 e. The van der Waals surface area contributed by atoms with Gasteiger partial charge in [-0.15, -0.1) is 0 Å². The minimum absolute atomic E-state index is 0.0946. The molecule has 4 heteroatoms. The Balaban J connectivity index is 2.46. The summed E-state index contributed by atoms with van der Waals surface area (Å²) in [5.41, 5.74) is 1.48. The predicted octanol–water partition coefficient (Wildman–Crippen LogP) is 2.09. The Bertz CT molecular complexity index is 764. The van der Waals surface area contributed by atoms with Crippen molar-refractivity contribution in [1.29, 1.82) is 0 Å². The molecule has 0 bridgehead atoms. The zero-order valence-electron chi connectivity index (χ0n) is 9.45. The van der Waals surface area contributed by atoms with E-state index in [4.69, 9.17) is 0 Å². The molecule has 4 nitrogen and oxygen atoms in total. The summed E-state index contributed by atoms with van der Waals surface area (Å²) in [5.74, 6) is -0.0946. The van der Waals surface area contributed by atoms with Gasteiger partial charge in [0.2, 0.25) is 0 Å². The van der Waals surface area contributed by atoms with Crippen LogP contribution in [0.3, 0.4) is 0 Å². The molecule has 0 atom stereocenters. The molecule has 0 amide bonds. The van der Waals surface area contributed by atoms with Gasteiger partial charge in [0.05, 0.1) is 5.52 Å². The molecular formula is C14H10N2O2. The first-order chi connectivity index (χ1) is 8.77. The van der Waals surface area contributed by atoms with Gasteiger partial charge in [-0.25, -0.2) is 0 Å². The molecule has 0 aliphatic heterocycles. The number of para-hydroxylation sites is 1. The maximum absolute atomic E-state index is 12.0. The van der Waals surface area contributed by atoms with E-state index in [0.717, 1.165) is 5.69 Å². The van der Waals surface area contributed by atoms with Crippen molar-refractivity contribution >= 4 is 11.0 Å². The first-order valence-corrected chi connectivity index (χ1v) is 5.52. The molecule has 0 fully saturated rings. The zero-order valence-corrected chi connectivity index (χ0v) is 9.45. The number of hydrogen-bond acceptors (Lipinski definition) is 3. The van der Waals surface area contributed by atoms with Crippen LogP contribution in [0.2, 0.25) is 0 Å². The molecule has 0 radical (unpaired) electrons. The van der Waals surface area contributed by atoms with E-state index < -0.39 is 0 Å². The van der Waals surface area contributed by atoms with Crippen molar-refractivity contribution in [2.45, 2.75) is 0 Å². The average molecular weight is 238 g/mol. The number of nitrogens with zero attached hydrogens (tertiary/aromatic N) is 2. The lowest BCUT2D eigenvalue weighted by molar-refractivity contribution is 0.478. The Labute approximate surface area is 103 Å². The van der Waals surface area contributed by atoms with Gasteiger partial charge in [-0.05, 0) is 24.3 Å². The van der Waals surface area contributed by atoms with E-state index in [1.807, 2.05) is 30.3 Å². The van der Waals surface area contributed by atoms with Crippen LogP contribution in [0, 0.1) is 0 Å². The third-order valence-electron chi connectivity index (χ3n) is 2.76. The molecule has 0 saturated heterocycles. The molecule has 3 rings (SSSR count). The van der Waals surface area contributed by atoms with Gasteiger partial charge in [-0.2, -0.15) is 0 Å². The number of pyridine rings is 2. The van der Waals surface area contributed by atoms with Gasteiger partial charge in [0.15, 0.2) is 0 Å².